The van der Waals surface area contributed by atoms with Crippen molar-refractivity contribution in [2.45, 2.75) is 13.3 Å². The average Bonchev–Trinajstić information content (AvgIpc) is 2.14. The summed E-state index contributed by atoms with van der Waals surface area (Å²) in [5, 5.41) is 0. The van der Waals surface area contributed by atoms with Crippen molar-refractivity contribution in [3.05, 3.63) is 12.3 Å². The summed E-state index contributed by atoms with van der Waals surface area (Å²) in [5.74, 6) is 0.0625. The third-order valence-electron chi connectivity index (χ3n) is 1.08. The van der Waals surface area contributed by atoms with Gasteiger partial charge in [0.2, 0.25) is 5.78 Å². The average molecular weight is 109 g/mol. The SMILES string of the molecule is CCC1=NC=CC1=O. The monoisotopic (exact) mass is 109 g/mol. The summed E-state index contributed by atoms with van der Waals surface area (Å²) in [4.78, 5) is 14.4. The first-order valence-electron chi connectivity index (χ1n) is 2.62. The quantitative estimate of drug-likeness (QED) is 0.492. The normalized spacial score (nSPS) is 17.1. The Labute approximate surface area is 47.9 Å². The number of carbonyl (C=O) groups is 1. The molecule has 0 saturated carbocycles. The standard InChI is InChI=1S/C6H7NO/c1-2-5-6(8)3-4-7-5/h3-4H,2H2,1H3. The Morgan fingerprint density at radius 3 is 2.75 bits per heavy atom. The van der Waals surface area contributed by atoms with Gasteiger partial charge in [-0.05, 0) is 6.42 Å². The van der Waals surface area contributed by atoms with Gasteiger partial charge in [0.15, 0.2) is 0 Å². The minimum absolute atomic E-state index is 0.0625. The Balaban J connectivity index is 2.73. The van der Waals surface area contributed by atoms with Crippen LogP contribution in [0.4, 0.5) is 0 Å². The fourth-order valence-corrected chi connectivity index (χ4v) is 0.620. The van der Waals surface area contributed by atoms with Crippen molar-refractivity contribution < 1.29 is 4.79 Å². The smallest absolute Gasteiger partial charge is 0.201 e. The molecule has 2 nitrogen and oxygen atoms in total. The van der Waals surface area contributed by atoms with Gasteiger partial charge in [0, 0.05) is 12.3 Å². The zero-order valence-corrected chi connectivity index (χ0v) is 4.72. The number of nitrogens with zero attached hydrogens (tertiary/aromatic N) is 1. The Kier molecular flexibility index (Phi) is 1.24. The van der Waals surface area contributed by atoms with Gasteiger partial charge in [-0.2, -0.15) is 0 Å². The van der Waals surface area contributed by atoms with Crippen LogP contribution in [0.25, 0.3) is 0 Å². The van der Waals surface area contributed by atoms with Crippen molar-refractivity contribution >= 4 is 11.5 Å². The molecule has 0 saturated heterocycles. The molecule has 0 atom stereocenters. The Morgan fingerprint density at radius 1 is 1.75 bits per heavy atom. The molecule has 0 N–H and O–H groups in total. The molecule has 1 rings (SSSR count). The van der Waals surface area contributed by atoms with E-state index in [1.807, 2.05) is 6.92 Å². The maximum absolute atomic E-state index is 10.6. The van der Waals surface area contributed by atoms with Gasteiger partial charge in [0.1, 0.15) is 0 Å². The molecular formula is C6H7NO. The van der Waals surface area contributed by atoms with Gasteiger partial charge in [-0.1, -0.05) is 6.92 Å². The molecule has 8 heavy (non-hydrogen) atoms. The number of hydrogen-bond acceptors (Lipinski definition) is 2. The third-order valence-corrected chi connectivity index (χ3v) is 1.08. The minimum Gasteiger partial charge on any atom is -0.288 e. The fraction of sp³-hybridized carbons (Fsp3) is 0.333. The molecule has 0 aromatic rings. The lowest BCUT2D eigenvalue weighted by Gasteiger charge is -1.85. The first kappa shape index (κ1) is 5.22. The summed E-state index contributed by atoms with van der Waals surface area (Å²) >= 11 is 0. The number of ketones is 1. The molecule has 1 aliphatic rings. The minimum atomic E-state index is 0.0625. The fourth-order valence-electron chi connectivity index (χ4n) is 0.620. The van der Waals surface area contributed by atoms with Crippen molar-refractivity contribution in [2.24, 2.45) is 4.99 Å². The predicted octanol–water partition coefficient (Wildman–Crippen LogP) is 0.934. The number of allylic oxidation sites excluding steroid dienone is 1. The van der Waals surface area contributed by atoms with Gasteiger partial charge in [0.05, 0.1) is 5.71 Å². The molecule has 0 aromatic carbocycles. The van der Waals surface area contributed by atoms with Crippen molar-refractivity contribution in [2.75, 3.05) is 0 Å². The van der Waals surface area contributed by atoms with Gasteiger partial charge < -0.3 is 0 Å². The lowest BCUT2D eigenvalue weighted by atomic mass is 10.2. The highest BCUT2D eigenvalue weighted by molar-refractivity contribution is 6.45. The topological polar surface area (TPSA) is 29.4 Å². The summed E-state index contributed by atoms with van der Waals surface area (Å²) in [6.45, 7) is 1.92. The molecule has 42 valence electrons. The summed E-state index contributed by atoms with van der Waals surface area (Å²) in [7, 11) is 0. The van der Waals surface area contributed by atoms with E-state index >= 15 is 0 Å². The highest BCUT2D eigenvalue weighted by Gasteiger charge is 2.07. The van der Waals surface area contributed by atoms with Crippen LogP contribution < -0.4 is 0 Å². The summed E-state index contributed by atoms with van der Waals surface area (Å²) in [5.41, 5.74) is 0.671. The van der Waals surface area contributed by atoms with Crippen molar-refractivity contribution in [1.29, 1.82) is 0 Å². The van der Waals surface area contributed by atoms with Crippen LogP contribution in [0.15, 0.2) is 17.3 Å². The van der Waals surface area contributed by atoms with Gasteiger partial charge >= 0.3 is 0 Å². The van der Waals surface area contributed by atoms with Crippen molar-refractivity contribution in [3.63, 3.8) is 0 Å². The highest BCUT2D eigenvalue weighted by Crippen LogP contribution is 1.97. The maximum atomic E-state index is 10.6. The molecule has 0 aromatic heterocycles. The van der Waals surface area contributed by atoms with Crippen LogP contribution in [-0.4, -0.2) is 11.5 Å². The molecule has 0 amide bonds. The van der Waals surface area contributed by atoms with E-state index in [-0.39, 0.29) is 5.78 Å². The van der Waals surface area contributed by atoms with Crippen LogP contribution in [-0.2, 0) is 4.79 Å². The summed E-state index contributed by atoms with van der Waals surface area (Å²) in [6.07, 6.45) is 3.77. The predicted molar refractivity (Wildman–Crippen MR) is 31.9 cm³/mol. The second-order valence-corrected chi connectivity index (χ2v) is 1.61. The second-order valence-electron chi connectivity index (χ2n) is 1.61. The first-order chi connectivity index (χ1) is 3.84. The molecule has 0 fully saturated rings. The number of carbonyl (C=O) groups excluding carboxylic acids is 1. The van der Waals surface area contributed by atoms with E-state index < -0.39 is 0 Å². The Hall–Kier alpha value is -0.920. The Morgan fingerprint density at radius 2 is 2.50 bits per heavy atom. The van der Waals surface area contributed by atoms with Crippen molar-refractivity contribution in [3.8, 4) is 0 Å². The highest BCUT2D eigenvalue weighted by atomic mass is 16.1. The summed E-state index contributed by atoms with van der Waals surface area (Å²) in [6, 6.07) is 0. The summed E-state index contributed by atoms with van der Waals surface area (Å²) < 4.78 is 0. The number of rotatable bonds is 1. The molecule has 1 heterocycles. The molecule has 0 unspecified atom stereocenters. The molecule has 0 aliphatic carbocycles. The molecule has 0 spiro atoms. The largest absolute Gasteiger partial charge is 0.288 e. The molecular weight excluding hydrogens is 102 g/mol. The van der Waals surface area contributed by atoms with E-state index in [0.29, 0.717) is 5.71 Å². The van der Waals surface area contributed by atoms with Crippen LogP contribution in [0.2, 0.25) is 0 Å². The van der Waals surface area contributed by atoms with Crippen LogP contribution >= 0.6 is 0 Å². The first-order valence-corrected chi connectivity index (χ1v) is 2.62. The van der Waals surface area contributed by atoms with E-state index in [1.165, 1.54) is 6.08 Å². The molecule has 2 heteroatoms. The van der Waals surface area contributed by atoms with E-state index in [9.17, 15) is 4.79 Å². The molecule has 1 aliphatic heterocycles. The lowest BCUT2D eigenvalue weighted by molar-refractivity contribution is -0.108. The van der Waals surface area contributed by atoms with E-state index in [4.69, 9.17) is 0 Å². The van der Waals surface area contributed by atoms with Crippen LogP contribution in [0.3, 0.4) is 0 Å². The van der Waals surface area contributed by atoms with Gasteiger partial charge in [0.25, 0.3) is 0 Å². The zero-order chi connectivity index (χ0) is 5.98. The van der Waals surface area contributed by atoms with Crippen LogP contribution in [0, 0.1) is 0 Å². The number of aliphatic imine (C=N–C) groups is 1. The van der Waals surface area contributed by atoms with E-state index in [2.05, 4.69) is 4.99 Å². The molecule has 0 radical (unpaired) electrons. The van der Waals surface area contributed by atoms with Crippen LogP contribution in [0.5, 0.6) is 0 Å². The van der Waals surface area contributed by atoms with Gasteiger partial charge in [-0.15, -0.1) is 0 Å². The number of hydrogen-bond donors (Lipinski definition) is 0. The van der Waals surface area contributed by atoms with Gasteiger partial charge in [-0.25, -0.2) is 0 Å². The second kappa shape index (κ2) is 1.90. The van der Waals surface area contributed by atoms with Crippen LogP contribution in [0.1, 0.15) is 13.3 Å². The Bertz CT molecular complexity index is 167. The van der Waals surface area contributed by atoms with Gasteiger partial charge in [-0.3, -0.25) is 9.79 Å². The zero-order valence-electron chi connectivity index (χ0n) is 4.72. The third kappa shape index (κ3) is 0.689. The lowest BCUT2D eigenvalue weighted by Crippen LogP contribution is -2.04. The van der Waals surface area contributed by atoms with Crippen molar-refractivity contribution in [1.82, 2.24) is 0 Å². The maximum Gasteiger partial charge on any atom is 0.201 e. The van der Waals surface area contributed by atoms with E-state index in [1.54, 1.807) is 6.20 Å². The molecule has 0 bridgehead atoms. The van der Waals surface area contributed by atoms with E-state index in [0.717, 1.165) is 6.42 Å².